The van der Waals surface area contributed by atoms with E-state index in [2.05, 4.69) is 35.1 Å². The molecular weight excluding hydrogens is 380 g/mol. The van der Waals surface area contributed by atoms with Crippen LogP contribution in [-0.4, -0.2) is 63.9 Å². The second-order valence-electron chi connectivity index (χ2n) is 9.16. The van der Waals surface area contributed by atoms with Crippen molar-refractivity contribution in [1.29, 1.82) is 0 Å². The van der Waals surface area contributed by atoms with Crippen molar-refractivity contribution in [1.82, 2.24) is 4.90 Å². The largest absolute Gasteiger partial charge is 0.493 e. The average Bonchev–Trinajstić information content (AvgIpc) is 3.25. The highest BCUT2D eigenvalue weighted by molar-refractivity contribution is 5.78. The Balaban J connectivity index is 1.69. The summed E-state index contributed by atoms with van der Waals surface area (Å²) < 4.78 is 16.9. The number of nitrogens with zero attached hydrogens (tertiary/aromatic N) is 2. The number of fused-ring (bicyclic) bond motifs is 1. The second-order valence-corrected chi connectivity index (χ2v) is 9.16. The molecule has 4 aliphatic rings. The van der Waals surface area contributed by atoms with Gasteiger partial charge in [-0.3, -0.25) is 9.69 Å². The number of rotatable bonds is 5. The predicted octanol–water partition coefficient (Wildman–Crippen LogP) is 3.14. The van der Waals surface area contributed by atoms with Crippen LogP contribution in [0.25, 0.3) is 0 Å². The van der Waals surface area contributed by atoms with Gasteiger partial charge < -0.3 is 19.1 Å². The molecular formula is C24H32N2O4. The van der Waals surface area contributed by atoms with Gasteiger partial charge in [-0.15, -0.1) is 0 Å². The Kier molecular flexibility index (Phi) is 4.54. The lowest BCUT2D eigenvalue weighted by Crippen LogP contribution is -2.62. The molecule has 3 heterocycles. The number of carbonyl (C=O) groups excluding carboxylic acids is 1. The van der Waals surface area contributed by atoms with E-state index < -0.39 is 0 Å². The van der Waals surface area contributed by atoms with Gasteiger partial charge in [0.15, 0.2) is 11.5 Å². The standard InChI is InChI=1S/C24H32N2O4/c1-5-30-19(27)15-23-10-6-13-26-14-12-24(22(23)26)16-7-8-17(28-3)21(29-4)20(16)25(2)18(24)9-11-23/h7-9,11,18,22H,5-6,10,12-15H2,1-4H3/t18-,22-,23-,24-/m1/s1. The van der Waals surface area contributed by atoms with Crippen LogP contribution in [-0.2, 0) is 14.9 Å². The Hall–Kier alpha value is -2.21. The minimum absolute atomic E-state index is 0.0503. The number of piperidine rings is 1. The van der Waals surface area contributed by atoms with Gasteiger partial charge in [0.25, 0.3) is 0 Å². The molecule has 162 valence electrons. The Morgan fingerprint density at radius 1 is 1.20 bits per heavy atom. The number of hydrogen-bond donors (Lipinski definition) is 0. The minimum Gasteiger partial charge on any atom is -0.493 e. The van der Waals surface area contributed by atoms with Crippen LogP contribution in [0.4, 0.5) is 5.69 Å². The van der Waals surface area contributed by atoms with E-state index in [-0.39, 0.29) is 22.8 Å². The van der Waals surface area contributed by atoms with E-state index >= 15 is 0 Å². The van der Waals surface area contributed by atoms with Crippen molar-refractivity contribution in [3.8, 4) is 11.5 Å². The molecule has 1 aliphatic carbocycles. The smallest absolute Gasteiger partial charge is 0.306 e. The van der Waals surface area contributed by atoms with E-state index in [4.69, 9.17) is 14.2 Å². The number of hydrogen-bond acceptors (Lipinski definition) is 6. The van der Waals surface area contributed by atoms with Crippen molar-refractivity contribution in [2.75, 3.05) is 45.9 Å². The van der Waals surface area contributed by atoms with Crippen LogP contribution in [0.15, 0.2) is 24.3 Å². The van der Waals surface area contributed by atoms with Crippen molar-refractivity contribution in [3.63, 3.8) is 0 Å². The molecule has 4 atom stereocenters. The quantitative estimate of drug-likeness (QED) is 0.547. The highest BCUT2D eigenvalue weighted by Gasteiger charge is 2.67. The highest BCUT2D eigenvalue weighted by Crippen LogP contribution is 2.65. The number of esters is 1. The molecule has 3 aliphatic heterocycles. The van der Waals surface area contributed by atoms with E-state index in [1.165, 1.54) is 5.56 Å². The van der Waals surface area contributed by atoms with E-state index in [1.54, 1.807) is 14.2 Å². The molecule has 0 radical (unpaired) electrons. The van der Waals surface area contributed by atoms with Gasteiger partial charge in [-0.25, -0.2) is 0 Å². The summed E-state index contributed by atoms with van der Waals surface area (Å²) in [6.45, 7) is 4.48. The first kappa shape index (κ1) is 19.7. The zero-order valence-electron chi connectivity index (χ0n) is 18.4. The van der Waals surface area contributed by atoms with Gasteiger partial charge in [0.1, 0.15) is 0 Å². The van der Waals surface area contributed by atoms with E-state index in [1.807, 2.05) is 13.0 Å². The molecule has 0 saturated carbocycles. The first-order valence-corrected chi connectivity index (χ1v) is 11.1. The molecule has 0 unspecified atom stereocenters. The lowest BCUT2D eigenvalue weighted by Gasteiger charge is -2.55. The number of likely N-dealkylation sites (N-methyl/N-ethyl adjacent to an activating group) is 1. The Morgan fingerprint density at radius 3 is 2.77 bits per heavy atom. The first-order valence-electron chi connectivity index (χ1n) is 11.1. The maximum absolute atomic E-state index is 12.7. The van der Waals surface area contributed by atoms with E-state index in [9.17, 15) is 4.79 Å². The highest BCUT2D eigenvalue weighted by atomic mass is 16.5. The number of benzene rings is 1. The van der Waals surface area contributed by atoms with Crippen molar-refractivity contribution in [3.05, 3.63) is 29.8 Å². The van der Waals surface area contributed by atoms with E-state index in [0.29, 0.717) is 19.1 Å². The molecule has 1 spiro atoms. The van der Waals surface area contributed by atoms with Crippen molar-refractivity contribution in [2.24, 2.45) is 5.41 Å². The summed E-state index contributed by atoms with van der Waals surface area (Å²) in [5.41, 5.74) is 2.24. The van der Waals surface area contributed by atoms with Gasteiger partial charge in [-0.05, 0) is 50.9 Å². The molecule has 30 heavy (non-hydrogen) atoms. The van der Waals surface area contributed by atoms with Gasteiger partial charge in [-0.2, -0.15) is 0 Å². The van der Waals surface area contributed by atoms with Crippen molar-refractivity contribution in [2.45, 2.75) is 50.1 Å². The normalized spacial score (nSPS) is 33.7. The lowest BCUT2D eigenvalue weighted by atomic mass is 9.55. The summed E-state index contributed by atoms with van der Waals surface area (Å²) in [5.74, 6) is 1.49. The second kappa shape index (κ2) is 6.91. The summed E-state index contributed by atoms with van der Waals surface area (Å²) >= 11 is 0. The van der Waals surface area contributed by atoms with Crippen LogP contribution in [0.3, 0.4) is 0 Å². The third-order valence-electron chi connectivity index (χ3n) is 8.01. The van der Waals surface area contributed by atoms with Gasteiger partial charge in [0, 0.05) is 23.9 Å². The fourth-order valence-electron chi connectivity index (χ4n) is 7.14. The van der Waals surface area contributed by atoms with Gasteiger partial charge in [0.2, 0.25) is 0 Å². The van der Waals surface area contributed by atoms with Crippen LogP contribution in [0.5, 0.6) is 11.5 Å². The molecule has 2 fully saturated rings. The molecule has 6 heteroatoms. The molecule has 1 aromatic rings. The molecule has 6 nitrogen and oxygen atoms in total. The Bertz CT molecular complexity index is 899. The van der Waals surface area contributed by atoms with Crippen LogP contribution < -0.4 is 14.4 Å². The predicted molar refractivity (Wildman–Crippen MR) is 115 cm³/mol. The third-order valence-corrected chi connectivity index (χ3v) is 8.01. The topological polar surface area (TPSA) is 51.2 Å². The molecule has 0 bridgehead atoms. The molecule has 0 aromatic heterocycles. The summed E-state index contributed by atoms with van der Waals surface area (Å²) in [7, 11) is 5.57. The average molecular weight is 413 g/mol. The molecule has 0 N–H and O–H groups in total. The summed E-state index contributed by atoms with van der Waals surface area (Å²) in [6, 6.07) is 4.82. The van der Waals surface area contributed by atoms with Crippen LogP contribution in [0, 0.1) is 5.41 Å². The van der Waals surface area contributed by atoms with Crippen molar-refractivity contribution < 1.29 is 19.0 Å². The Morgan fingerprint density at radius 2 is 2.03 bits per heavy atom. The summed E-state index contributed by atoms with van der Waals surface area (Å²) in [6.07, 6.45) is 8.40. The van der Waals surface area contributed by atoms with Crippen LogP contribution in [0.2, 0.25) is 0 Å². The van der Waals surface area contributed by atoms with E-state index in [0.717, 1.165) is 49.5 Å². The lowest BCUT2D eigenvalue weighted by molar-refractivity contribution is -0.147. The first-order chi connectivity index (χ1) is 14.5. The zero-order chi connectivity index (χ0) is 21.1. The van der Waals surface area contributed by atoms with Gasteiger partial charge in [0.05, 0.1) is 39.0 Å². The maximum atomic E-state index is 12.7. The fraction of sp³-hybridized carbons (Fsp3) is 0.625. The Labute approximate surface area is 178 Å². The number of carbonyl (C=O) groups is 1. The van der Waals surface area contributed by atoms with Crippen molar-refractivity contribution >= 4 is 11.7 Å². The zero-order valence-corrected chi connectivity index (χ0v) is 18.4. The molecule has 1 aromatic carbocycles. The van der Waals surface area contributed by atoms with Crippen LogP contribution >= 0.6 is 0 Å². The summed E-state index contributed by atoms with van der Waals surface area (Å²) in [5, 5.41) is 0. The number of methoxy groups -OCH3 is 2. The summed E-state index contributed by atoms with van der Waals surface area (Å²) in [4.78, 5) is 17.7. The monoisotopic (exact) mass is 412 g/mol. The van der Waals surface area contributed by atoms with Gasteiger partial charge in [-0.1, -0.05) is 18.2 Å². The molecule has 0 amide bonds. The number of ether oxygens (including phenoxy) is 3. The van der Waals surface area contributed by atoms with Crippen LogP contribution in [0.1, 0.15) is 38.2 Å². The minimum atomic E-state index is -0.173. The SMILES string of the molecule is CCOC(=O)C[C@]12C=C[C@H]3N(C)c4c(ccc(OC)c4OC)[C@]34CCN(CCC1)[C@H]24. The fourth-order valence-corrected chi connectivity index (χ4v) is 7.14. The third kappa shape index (κ3) is 2.37. The molecule has 2 saturated heterocycles. The molecule has 5 rings (SSSR count). The van der Waals surface area contributed by atoms with Gasteiger partial charge >= 0.3 is 5.97 Å². The number of anilines is 1. The maximum Gasteiger partial charge on any atom is 0.306 e.